The van der Waals surface area contributed by atoms with Crippen molar-refractivity contribution in [3.8, 4) is 0 Å². The molecule has 0 amide bonds. The summed E-state index contributed by atoms with van der Waals surface area (Å²) in [7, 11) is 0. The van der Waals surface area contributed by atoms with E-state index in [1.165, 1.54) is 0 Å². The summed E-state index contributed by atoms with van der Waals surface area (Å²) >= 11 is 0. The van der Waals surface area contributed by atoms with E-state index in [-0.39, 0.29) is 30.1 Å². The highest BCUT2D eigenvalue weighted by Crippen LogP contribution is 2.70. The number of hydrogen-bond donors (Lipinski definition) is 4. The molecule has 0 radical (unpaired) electrons. The van der Waals surface area contributed by atoms with Gasteiger partial charge in [0.25, 0.3) is 0 Å². The lowest BCUT2D eigenvalue weighted by Crippen LogP contribution is -2.70. The minimum absolute atomic E-state index is 0.00174. The molecule has 0 aromatic heterocycles. The first-order valence-electron chi connectivity index (χ1n) is 9.54. The quantitative estimate of drug-likeness (QED) is 0.530. The van der Waals surface area contributed by atoms with Crippen LogP contribution in [-0.4, -0.2) is 51.1 Å². The lowest BCUT2D eigenvalue weighted by molar-refractivity contribution is -0.256. The average Bonchev–Trinajstić information content (AvgIpc) is 2.70. The van der Waals surface area contributed by atoms with Crippen molar-refractivity contribution in [2.24, 2.45) is 34.0 Å². The Labute approximate surface area is 148 Å². The first-order valence-corrected chi connectivity index (χ1v) is 9.54. The fourth-order valence-corrected chi connectivity index (χ4v) is 7.35. The molecule has 9 unspecified atom stereocenters. The summed E-state index contributed by atoms with van der Waals surface area (Å²) in [6.45, 7) is 7.94. The third-order valence-corrected chi connectivity index (χ3v) is 8.77. The molecule has 0 aliphatic heterocycles. The third kappa shape index (κ3) is 1.76. The van der Waals surface area contributed by atoms with Gasteiger partial charge in [-0.15, -0.1) is 0 Å². The number of hydrogen-bond acceptors (Lipinski definition) is 5. The lowest BCUT2D eigenvalue weighted by Gasteiger charge is -2.66. The predicted molar refractivity (Wildman–Crippen MR) is 91.5 cm³/mol. The summed E-state index contributed by atoms with van der Waals surface area (Å²) in [6.07, 6.45) is 0.459. The molecule has 0 aromatic rings. The van der Waals surface area contributed by atoms with Crippen LogP contribution in [0.1, 0.15) is 46.0 Å². The Balaban J connectivity index is 1.90. The third-order valence-electron chi connectivity index (χ3n) is 8.77. The number of Topliss-reactive ketones (excluding diaryl/α,β-unsaturated/α-hetero) is 1. The Kier molecular flexibility index (Phi) is 3.64. The van der Waals surface area contributed by atoms with Crippen LogP contribution >= 0.6 is 0 Å². The van der Waals surface area contributed by atoms with Crippen molar-refractivity contribution in [2.75, 3.05) is 6.61 Å². The maximum absolute atomic E-state index is 13.2. The van der Waals surface area contributed by atoms with Crippen molar-refractivity contribution in [3.63, 3.8) is 0 Å². The molecule has 2 bridgehead atoms. The smallest absolute Gasteiger partial charge is 0.170 e. The van der Waals surface area contributed by atoms with Crippen LogP contribution in [0.2, 0.25) is 0 Å². The van der Waals surface area contributed by atoms with Gasteiger partial charge in [0.2, 0.25) is 0 Å². The van der Waals surface area contributed by atoms with Crippen molar-refractivity contribution in [1.82, 2.24) is 0 Å². The Morgan fingerprint density at radius 3 is 2.40 bits per heavy atom. The van der Waals surface area contributed by atoms with Crippen LogP contribution in [0.15, 0.2) is 12.2 Å². The number of carbonyl (C=O) groups is 1. The van der Waals surface area contributed by atoms with Crippen molar-refractivity contribution < 1.29 is 25.2 Å². The number of aliphatic hydroxyl groups excluding tert-OH is 4. The van der Waals surface area contributed by atoms with Crippen LogP contribution < -0.4 is 0 Å². The van der Waals surface area contributed by atoms with Gasteiger partial charge in [0, 0.05) is 17.9 Å². The topological polar surface area (TPSA) is 98.0 Å². The molecule has 4 aliphatic rings. The zero-order chi connectivity index (χ0) is 18.4. The monoisotopic (exact) mass is 350 g/mol. The molecular weight excluding hydrogens is 320 g/mol. The Hall–Kier alpha value is -0.750. The van der Waals surface area contributed by atoms with Crippen LogP contribution in [0.4, 0.5) is 0 Å². The summed E-state index contributed by atoms with van der Waals surface area (Å²) in [6, 6.07) is 0. The number of fused-ring (bicyclic) bond motifs is 3. The summed E-state index contributed by atoms with van der Waals surface area (Å²) in [5.41, 5.74) is -1.80. The second-order valence-electron chi connectivity index (χ2n) is 9.51. The molecule has 4 N–H and O–H groups in total. The van der Waals surface area contributed by atoms with Gasteiger partial charge < -0.3 is 20.4 Å². The first-order chi connectivity index (χ1) is 11.7. The highest BCUT2D eigenvalue weighted by atomic mass is 16.3. The van der Waals surface area contributed by atoms with Crippen LogP contribution in [0, 0.1) is 34.0 Å². The van der Waals surface area contributed by atoms with Gasteiger partial charge in [-0.3, -0.25) is 4.79 Å². The van der Waals surface area contributed by atoms with Crippen molar-refractivity contribution in [2.45, 2.75) is 64.3 Å². The standard InChI is InChI=1S/C20H30O5/c1-10-11-4-5-12-19(3)13(18(2,9-21)7-6-14(19)22)8-15(23)20(12,16(10)24)17(11)25/h11-15,17,21-23,25H,1,4-9H2,2-3H3. The van der Waals surface area contributed by atoms with Gasteiger partial charge in [0.1, 0.15) is 0 Å². The summed E-state index contributed by atoms with van der Waals surface area (Å²) < 4.78 is 0. The number of aliphatic hydroxyl groups is 4. The molecule has 5 heteroatoms. The van der Waals surface area contributed by atoms with Crippen LogP contribution in [0.5, 0.6) is 0 Å². The molecule has 4 saturated carbocycles. The molecule has 9 atom stereocenters. The molecule has 5 nitrogen and oxygen atoms in total. The highest BCUT2D eigenvalue weighted by molar-refractivity contribution is 6.04. The normalized spacial score (nSPS) is 58.0. The fraction of sp³-hybridized carbons (Fsp3) is 0.850. The lowest BCUT2D eigenvalue weighted by atomic mass is 9.39. The Morgan fingerprint density at radius 1 is 1.08 bits per heavy atom. The molecule has 25 heavy (non-hydrogen) atoms. The largest absolute Gasteiger partial charge is 0.396 e. The molecule has 140 valence electrons. The van der Waals surface area contributed by atoms with Crippen LogP contribution in [0.3, 0.4) is 0 Å². The molecule has 0 aromatic carbocycles. The maximum atomic E-state index is 13.2. The molecule has 0 heterocycles. The SMILES string of the molecule is C=C1C(=O)C23C(O)CC4C(C)(CO)CCC(O)C4(C)C2CCC1C3O. The minimum atomic E-state index is -1.24. The molecule has 0 saturated heterocycles. The Morgan fingerprint density at radius 2 is 1.76 bits per heavy atom. The van der Waals surface area contributed by atoms with Crippen molar-refractivity contribution in [1.29, 1.82) is 0 Å². The number of carbonyl (C=O) groups excluding carboxylic acids is 1. The highest BCUT2D eigenvalue weighted by Gasteiger charge is 2.75. The fourth-order valence-electron chi connectivity index (χ4n) is 7.35. The average molecular weight is 350 g/mol. The van der Waals surface area contributed by atoms with Crippen molar-refractivity contribution >= 4 is 5.78 Å². The van der Waals surface area contributed by atoms with E-state index in [0.29, 0.717) is 37.7 Å². The van der Waals surface area contributed by atoms with Gasteiger partial charge in [0.15, 0.2) is 5.78 Å². The number of ketones is 1. The minimum Gasteiger partial charge on any atom is -0.396 e. The van der Waals surface area contributed by atoms with E-state index in [0.717, 1.165) is 0 Å². The van der Waals surface area contributed by atoms with Crippen LogP contribution in [-0.2, 0) is 4.79 Å². The van der Waals surface area contributed by atoms with Gasteiger partial charge in [-0.25, -0.2) is 0 Å². The predicted octanol–water partition coefficient (Wildman–Crippen LogP) is 1.04. The molecule has 4 rings (SSSR count). The number of rotatable bonds is 1. The van der Waals surface area contributed by atoms with E-state index >= 15 is 0 Å². The first kappa shape index (κ1) is 17.7. The zero-order valence-electron chi connectivity index (χ0n) is 15.1. The maximum Gasteiger partial charge on any atom is 0.170 e. The van der Waals surface area contributed by atoms with E-state index in [9.17, 15) is 25.2 Å². The van der Waals surface area contributed by atoms with Gasteiger partial charge in [0.05, 0.1) is 23.7 Å². The van der Waals surface area contributed by atoms with E-state index in [1.54, 1.807) is 0 Å². The molecule has 1 spiro atoms. The van der Waals surface area contributed by atoms with Crippen LogP contribution in [0.25, 0.3) is 0 Å². The Bertz CT molecular complexity index is 632. The van der Waals surface area contributed by atoms with Gasteiger partial charge >= 0.3 is 0 Å². The molecule has 4 aliphatic carbocycles. The van der Waals surface area contributed by atoms with Crippen molar-refractivity contribution in [3.05, 3.63) is 12.2 Å². The van der Waals surface area contributed by atoms with E-state index in [2.05, 4.69) is 6.58 Å². The second-order valence-corrected chi connectivity index (χ2v) is 9.51. The van der Waals surface area contributed by atoms with Gasteiger partial charge in [-0.1, -0.05) is 20.4 Å². The molecular formula is C20H30O5. The van der Waals surface area contributed by atoms with E-state index < -0.39 is 34.6 Å². The van der Waals surface area contributed by atoms with Gasteiger partial charge in [-0.05, 0) is 54.9 Å². The summed E-state index contributed by atoms with van der Waals surface area (Å²) in [5.74, 6) is -0.871. The zero-order valence-corrected chi connectivity index (χ0v) is 15.1. The molecule has 4 fully saturated rings. The van der Waals surface area contributed by atoms with Gasteiger partial charge in [-0.2, -0.15) is 0 Å². The second kappa shape index (κ2) is 5.16. The summed E-state index contributed by atoms with van der Waals surface area (Å²) in [4.78, 5) is 13.2. The van der Waals surface area contributed by atoms with E-state index in [4.69, 9.17) is 0 Å². The van der Waals surface area contributed by atoms with E-state index in [1.807, 2.05) is 13.8 Å². The summed E-state index contributed by atoms with van der Waals surface area (Å²) in [5, 5.41) is 43.2.